The first-order chi connectivity index (χ1) is 14.9. The maximum absolute atomic E-state index is 13.7. The molecule has 3 N–H and O–H groups in total. The van der Waals surface area contributed by atoms with E-state index in [0.29, 0.717) is 32.3 Å². The van der Waals surface area contributed by atoms with Gasteiger partial charge in [0.05, 0.1) is 18.9 Å². The van der Waals surface area contributed by atoms with E-state index < -0.39 is 29.0 Å². The number of carbonyl (C=O) groups excluding carboxylic acids is 1. The largest absolute Gasteiger partial charge is 0.376 e. The highest BCUT2D eigenvalue weighted by atomic mass is 19.2. The van der Waals surface area contributed by atoms with Crippen molar-refractivity contribution in [3.8, 4) is 0 Å². The fraction of sp³-hybridized carbons (Fsp3) is 0.364. The van der Waals surface area contributed by atoms with Crippen molar-refractivity contribution in [2.75, 3.05) is 31.6 Å². The summed E-state index contributed by atoms with van der Waals surface area (Å²) in [5, 5.41) is 8.29. The van der Waals surface area contributed by atoms with E-state index in [9.17, 15) is 18.0 Å². The third kappa shape index (κ3) is 8.29. The first kappa shape index (κ1) is 24.2. The van der Waals surface area contributed by atoms with Crippen molar-refractivity contribution in [3.05, 3.63) is 65.5 Å². The van der Waals surface area contributed by atoms with Crippen LogP contribution in [0.5, 0.6) is 0 Å². The lowest BCUT2D eigenvalue weighted by Crippen LogP contribution is -2.40. The zero-order valence-electron chi connectivity index (χ0n) is 17.6. The fourth-order valence-electron chi connectivity index (χ4n) is 2.59. The van der Waals surface area contributed by atoms with Crippen LogP contribution < -0.4 is 16.0 Å². The predicted octanol–water partition coefficient (Wildman–Crippen LogP) is 3.45. The molecular weight excluding hydrogens is 409 g/mol. The molecule has 2 aromatic rings. The Morgan fingerprint density at radius 2 is 1.81 bits per heavy atom. The molecule has 0 saturated carbocycles. The molecule has 0 aliphatic rings. The quantitative estimate of drug-likeness (QED) is 0.303. The molecule has 2 aromatic carbocycles. The molecule has 0 aliphatic carbocycles. The van der Waals surface area contributed by atoms with Gasteiger partial charge in [-0.1, -0.05) is 37.3 Å². The Kier molecular flexibility index (Phi) is 9.83. The second-order valence-electron chi connectivity index (χ2n) is 6.95. The van der Waals surface area contributed by atoms with Crippen molar-refractivity contribution in [3.63, 3.8) is 0 Å². The summed E-state index contributed by atoms with van der Waals surface area (Å²) in [6, 6.07) is 11.6. The van der Waals surface area contributed by atoms with Gasteiger partial charge in [0.2, 0.25) is 5.91 Å². The summed E-state index contributed by atoms with van der Waals surface area (Å²) in [6.45, 7) is 5.76. The summed E-state index contributed by atoms with van der Waals surface area (Å²) in [6.07, 6.45) is 0. The normalized spacial score (nSPS) is 12.4. The van der Waals surface area contributed by atoms with E-state index in [-0.39, 0.29) is 12.5 Å². The Balaban J connectivity index is 1.79. The van der Waals surface area contributed by atoms with Crippen LogP contribution in [0.3, 0.4) is 0 Å². The smallest absolute Gasteiger partial charge is 0.246 e. The van der Waals surface area contributed by atoms with Gasteiger partial charge in [0.25, 0.3) is 0 Å². The van der Waals surface area contributed by atoms with Gasteiger partial charge in [-0.05, 0) is 30.5 Å². The van der Waals surface area contributed by atoms with Crippen LogP contribution in [0.15, 0.2) is 47.5 Å². The Labute approximate surface area is 179 Å². The number of aliphatic imine (C=N–C) groups is 1. The number of anilines is 1. The molecule has 1 amide bonds. The second kappa shape index (κ2) is 12.6. The molecule has 0 aromatic heterocycles. The molecule has 1 unspecified atom stereocenters. The number of guanidine groups is 1. The van der Waals surface area contributed by atoms with Crippen LogP contribution in [0, 0.1) is 23.4 Å². The highest BCUT2D eigenvalue weighted by Crippen LogP contribution is 2.19. The predicted molar refractivity (Wildman–Crippen MR) is 114 cm³/mol. The van der Waals surface area contributed by atoms with Gasteiger partial charge < -0.3 is 20.7 Å². The lowest BCUT2D eigenvalue weighted by molar-refractivity contribution is -0.114. The molecule has 2 rings (SSSR count). The van der Waals surface area contributed by atoms with Gasteiger partial charge in [-0.25, -0.2) is 18.2 Å². The molecule has 0 bridgehead atoms. The van der Waals surface area contributed by atoms with Crippen LogP contribution in [0.25, 0.3) is 0 Å². The van der Waals surface area contributed by atoms with E-state index in [1.165, 1.54) is 0 Å². The van der Waals surface area contributed by atoms with Crippen molar-refractivity contribution >= 4 is 17.6 Å². The third-order valence-corrected chi connectivity index (χ3v) is 4.17. The topological polar surface area (TPSA) is 74.8 Å². The van der Waals surface area contributed by atoms with Crippen LogP contribution in [0.1, 0.15) is 19.4 Å². The molecular formula is C22H27F3N4O2. The van der Waals surface area contributed by atoms with Gasteiger partial charge in [0, 0.05) is 13.1 Å². The zero-order valence-corrected chi connectivity index (χ0v) is 17.6. The molecule has 168 valence electrons. The summed E-state index contributed by atoms with van der Waals surface area (Å²) in [5.41, 5.74) is 0.655. The molecule has 31 heavy (non-hydrogen) atoms. The number of halogens is 3. The number of rotatable bonds is 10. The lowest BCUT2D eigenvalue weighted by atomic mass is 10.2. The Morgan fingerprint density at radius 1 is 1.06 bits per heavy atom. The zero-order chi connectivity index (χ0) is 22.6. The van der Waals surface area contributed by atoms with Crippen LogP contribution in [-0.4, -0.2) is 38.1 Å². The van der Waals surface area contributed by atoms with Crippen LogP contribution in [0.2, 0.25) is 0 Å². The minimum atomic E-state index is -1.64. The SMILES string of the molecule is CCNC(=NCC(=O)Nc1ccc(F)c(F)c1F)NCC(C)COCc1ccccc1. The molecule has 0 fully saturated rings. The van der Waals surface area contributed by atoms with Crippen LogP contribution in [0.4, 0.5) is 18.9 Å². The third-order valence-electron chi connectivity index (χ3n) is 4.17. The van der Waals surface area contributed by atoms with Crippen molar-refractivity contribution in [2.45, 2.75) is 20.5 Å². The first-order valence-corrected chi connectivity index (χ1v) is 9.97. The Bertz CT molecular complexity index is 879. The van der Waals surface area contributed by atoms with E-state index in [2.05, 4.69) is 20.9 Å². The van der Waals surface area contributed by atoms with Crippen molar-refractivity contribution in [1.82, 2.24) is 10.6 Å². The number of nitrogens with zero attached hydrogens (tertiary/aromatic N) is 1. The molecule has 6 nitrogen and oxygen atoms in total. The van der Waals surface area contributed by atoms with E-state index >= 15 is 0 Å². The standard InChI is InChI=1S/C22H27F3N4O2/c1-3-26-22(27-11-15(2)13-31-14-16-7-5-4-6-8-16)28-12-19(30)29-18-10-9-17(23)20(24)21(18)25/h4-10,15H,3,11-14H2,1-2H3,(H,29,30)(H2,26,27,28). The number of benzene rings is 2. The number of carbonyl (C=O) groups is 1. The van der Waals surface area contributed by atoms with Crippen molar-refractivity contribution in [1.29, 1.82) is 0 Å². The van der Waals surface area contributed by atoms with Gasteiger partial charge in [-0.15, -0.1) is 0 Å². The van der Waals surface area contributed by atoms with Gasteiger partial charge >= 0.3 is 0 Å². The number of hydrogen-bond acceptors (Lipinski definition) is 3. The minimum Gasteiger partial charge on any atom is -0.376 e. The molecule has 0 heterocycles. The van der Waals surface area contributed by atoms with E-state index in [4.69, 9.17) is 4.74 Å². The molecule has 0 saturated heterocycles. The van der Waals surface area contributed by atoms with Crippen LogP contribution in [-0.2, 0) is 16.1 Å². The first-order valence-electron chi connectivity index (χ1n) is 9.97. The van der Waals surface area contributed by atoms with Gasteiger partial charge in [-0.3, -0.25) is 4.79 Å². The fourth-order valence-corrected chi connectivity index (χ4v) is 2.59. The van der Waals surface area contributed by atoms with Crippen molar-refractivity contribution < 1.29 is 22.7 Å². The molecule has 1 atom stereocenters. The van der Waals surface area contributed by atoms with Gasteiger partial charge in [0.1, 0.15) is 6.54 Å². The minimum absolute atomic E-state index is 0.178. The summed E-state index contributed by atoms with van der Waals surface area (Å²) in [5.74, 6) is -4.50. The summed E-state index contributed by atoms with van der Waals surface area (Å²) >= 11 is 0. The summed E-state index contributed by atoms with van der Waals surface area (Å²) in [4.78, 5) is 16.1. The summed E-state index contributed by atoms with van der Waals surface area (Å²) in [7, 11) is 0. The molecule has 0 aliphatic heterocycles. The maximum atomic E-state index is 13.7. The monoisotopic (exact) mass is 436 g/mol. The summed E-state index contributed by atoms with van der Waals surface area (Å²) < 4.78 is 45.6. The number of amides is 1. The van der Waals surface area contributed by atoms with Gasteiger partial charge in [0.15, 0.2) is 23.4 Å². The number of hydrogen-bond donors (Lipinski definition) is 3. The van der Waals surface area contributed by atoms with E-state index in [1.807, 2.05) is 44.2 Å². The Morgan fingerprint density at radius 3 is 2.52 bits per heavy atom. The maximum Gasteiger partial charge on any atom is 0.246 e. The average molecular weight is 436 g/mol. The molecule has 9 heteroatoms. The van der Waals surface area contributed by atoms with E-state index in [0.717, 1.165) is 17.7 Å². The van der Waals surface area contributed by atoms with Crippen molar-refractivity contribution in [2.24, 2.45) is 10.9 Å². The number of ether oxygens (including phenoxy) is 1. The molecule has 0 spiro atoms. The average Bonchev–Trinajstić information content (AvgIpc) is 2.77. The highest BCUT2D eigenvalue weighted by Gasteiger charge is 2.15. The second-order valence-corrected chi connectivity index (χ2v) is 6.95. The highest BCUT2D eigenvalue weighted by molar-refractivity contribution is 5.94. The molecule has 0 radical (unpaired) electrons. The van der Waals surface area contributed by atoms with E-state index in [1.54, 1.807) is 0 Å². The lowest BCUT2D eigenvalue weighted by Gasteiger charge is -2.16. The Hall–Kier alpha value is -3.07. The number of nitrogens with one attached hydrogen (secondary N) is 3. The van der Waals surface area contributed by atoms with Gasteiger partial charge in [-0.2, -0.15) is 0 Å². The van der Waals surface area contributed by atoms with Crippen LogP contribution >= 0.6 is 0 Å².